The van der Waals surface area contributed by atoms with Crippen molar-refractivity contribution in [2.75, 3.05) is 5.32 Å². The Kier molecular flexibility index (Phi) is 6.57. The van der Waals surface area contributed by atoms with Crippen LogP contribution in [0.4, 0.5) is 10.5 Å². The zero-order valence-corrected chi connectivity index (χ0v) is 19.2. The molecule has 170 valence electrons. The Labute approximate surface area is 188 Å². The fourth-order valence-electron chi connectivity index (χ4n) is 3.75. The van der Waals surface area contributed by atoms with Crippen molar-refractivity contribution in [1.82, 2.24) is 5.32 Å². The number of rotatable bonds is 6. The highest BCUT2D eigenvalue weighted by Crippen LogP contribution is 2.39. The van der Waals surface area contributed by atoms with Crippen LogP contribution in [0.2, 0.25) is 0 Å². The van der Waals surface area contributed by atoms with E-state index in [1.165, 1.54) is 0 Å². The highest BCUT2D eigenvalue weighted by Gasteiger charge is 2.41. The maximum absolute atomic E-state index is 13.1. The zero-order valence-electron chi connectivity index (χ0n) is 19.2. The minimum atomic E-state index is -1.48. The van der Waals surface area contributed by atoms with Gasteiger partial charge in [0, 0.05) is 17.5 Å². The largest absolute Gasteiger partial charge is 0.461 e. The predicted octanol–water partition coefficient (Wildman–Crippen LogP) is 4.40. The molecule has 0 spiro atoms. The van der Waals surface area contributed by atoms with Gasteiger partial charge in [0.2, 0.25) is 5.91 Å². The number of alkyl carbamates (subject to hydrolysis) is 1. The lowest BCUT2D eigenvalue weighted by atomic mass is 9.76. The van der Waals surface area contributed by atoms with E-state index in [1.807, 2.05) is 50.2 Å². The summed E-state index contributed by atoms with van der Waals surface area (Å²) in [6.45, 7) is 9.11. The van der Waals surface area contributed by atoms with Crippen molar-refractivity contribution in [2.24, 2.45) is 0 Å². The highest BCUT2D eigenvalue weighted by atomic mass is 16.6. The molecule has 3 rings (SSSR count). The van der Waals surface area contributed by atoms with Crippen molar-refractivity contribution in [2.45, 2.75) is 64.7 Å². The average molecular weight is 439 g/mol. The van der Waals surface area contributed by atoms with E-state index < -0.39 is 23.0 Å². The SMILES string of the molecule is CC(C)OC(=O)[C@](C)(NC(=O)OCc1ccccc1)c1ccc2c(c1)C(C)(C)CC(=O)N2. The molecule has 32 heavy (non-hydrogen) atoms. The number of fused-ring (bicyclic) bond motifs is 1. The molecule has 2 aromatic carbocycles. The monoisotopic (exact) mass is 438 g/mol. The molecule has 0 fully saturated rings. The van der Waals surface area contributed by atoms with Crippen molar-refractivity contribution < 1.29 is 23.9 Å². The highest BCUT2D eigenvalue weighted by molar-refractivity contribution is 5.96. The molecule has 0 bridgehead atoms. The smallest absolute Gasteiger partial charge is 0.408 e. The zero-order chi connectivity index (χ0) is 23.5. The molecule has 0 saturated heterocycles. The summed E-state index contributed by atoms with van der Waals surface area (Å²) >= 11 is 0. The number of carbonyl (C=O) groups excluding carboxylic acids is 3. The van der Waals surface area contributed by atoms with Crippen LogP contribution < -0.4 is 10.6 Å². The first-order valence-electron chi connectivity index (χ1n) is 10.7. The maximum atomic E-state index is 13.1. The van der Waals surface area contributed by atoms with Crippen LogP contribution in [0, 0.1) is 0 Å². The number of hydrogen-bond acceptors (Lipinski definition) is 5. The molecule has 7 heteroatoms. The Morgan fingerprint density at radius 3 is 2.50 bits per heavy atom. The summed E-state index contributed by atoms with van der Waals surface area (Å²) in [5.74, 6) is -0.651. The number of anilines is 1. The Morgan fingerprint density at radius 1 is 1.16 bits per heavy atom. The lowest BCUT2D eigenvalue weighted by molar-refractivity contribution is -0.155. The van der Waals surface area contributed by atoms with Crippen molar-refractivity contribution in [3.05, 3.63) is 65.2 Å². The third-order valence-corrected chi connectivity index (χ3v) is 5.52. The second-order valence-electron chi connectivity index (χ2n) is 9.13. The predicted molar refractivity (Wildman–Crippen MR) is 121 cm³/mol. The van der Waals surface area contributed by atoms with Gasteiger partial charge in [0.25, 0.3) is 0 Å². The van der Waals surface area contributed by atoms with Gasteiger partial charge >= 0.3 is 12.1 Å². The topological polar surface area (TPSA) is 93.7 Å². The second kappa shape index (κ2) is 9.02. The van der Waals surface area contributed by atoms with E-state index in [0.717, 1.165) is 11.1 Å². The molecule has 2 N–H and O–H groups in total. The van der Waals surface area contributed by atoms with E-state index in [2.05, 4.69) is 10.6 Å². The number of ether oxygens (including phenoxy) is 2. The van der Waals surface area contributed by atoms with Gasteiger partial charge in [-0.15, -0.1) is 0 Å². The Hall–Kier alpha value is -3.35. The Bertz CT molecular complexity index is 1020. The lowest BCUT2D eigenvalue weighted by Crippen LogP contribution is -2.51. The number of carbonyl (C=O) groups is 3. The van der Waals surface area contributed by atoms with Crippen LogP contribution >= 0.6 is 0 Å². The second-order valence-corrected chi connectivity index (χ2v) is 9.13. The normalized spacial score (nSPS) is 16.4. The number of benzene rings is 2. The molecule has 0 radical (unpaired) electrons. The van der Waals surface area contributed by atoms with Gasteiger partial charge in [-0.3, -0.25) is 4.79 Å². The summed E-state index contributed by atoms with van der Waals surface area (Å²) in [7, 11) is 0. The molecule has 0 saturated carbocycles. The fraction of sp³-hybridized carbons (Fsp3) is 0.400. The Balaban J connectivity index is 1.91. The van der Waals surface area contributed by atoms with Gasteiger partial charge in [-0.2, -0.15) is 0 Å². The molecule has 1 heterocycles. The molecule has 0 aliphatic carbocycles. The quantitative estimate of drug-likeness (QED) is 0.652. The van der Waals surface area contributed by atoms with Crippen molar-refractivity contribution in [3.63, 3.8) is 0 Å². The third kappa shape index (κ3) is 5.10. The van der Waals surface area contributed by atoms with Crippen LogP contribution in [0.25, 0.3) is 0 Å². The summed E-state index contributed by atoms with van der Waals surface area (Å²) < 4.78 is 10.8. The van der Waals surface area contributed by atoms with Crippen LogP contribution in [0.15, 0.2) is 48.5 Å². The molecule has 2 amide bonds. The van der Waals surface area contributed by atoms with Gasteiger partial charge < -0.3 is 20.1 Å². The molecule has 2 aromatic rings. The first-order valence-corrected chi connectivity index (χ1v) is 10.7. The van der Waals surface area contributed by atoms with Crippen molar-refractivity contribution in [1.29, 1.82) is 0 Å². The van der Waals surface area contributed by atoms with Crippen LogP contribution in [0.1, 0.15) is 57.7 Å². The average Bonchev–Trinajstić information content (AvgIpc) is 2.71. The number of amides is 2. The molecule has 1 atom stereocenters. The first-order chi connectivity index (χ1) is 15.0. The molecule has 0 unspecified atom stereocenters. The minimum absolute atomic E-state index is 0.0557. The van der Waals surface area contributed by atoms with Gasteiger partial charge in [-0.25, -0.2) is 9.59 Å². The molecular weight excluding hydrogens is 408 g/mol. The van der Waals surface area contributed by atoms with Gasteiger partial charge in [0.1, 0.15) is 6.61 Å². The van der Waals surface area contributed by atoms with Crippen molar-refractivity contribution >= 4 is 23.7 Å². The van der Waals surface area contributed by atoms with E-state index in [-0.39, 0.29) is 18.6 Å². The summed E-state index contributed by atoms with van der Waals surface area (Å²) in [5, 5.41) is 5.57. The van der Waals surface area contributed by atoms with E-state index >= 15 is 0 Å². The summed E-state index contributed by atoms with van der Waals surface area (Å²) in [4.78, 5) is 37.8. The van der Waals surface area contributed by atoms with E-state index in [0.29, 0.717) is 17.7 Å². The van der Waals surface area contributed by atoms with E-state index in [9.17, 15) is 14.4 Å². The lowest BCUT2D eigenvalue weighted by Gasteiger charge is -2.35. The van der Waals surface area contributed by atoms with E-state index in [1.54, 1.807) is 32.9 Å². The molecule has 1 aliphatic rings. The van der Waals surface area contributed by atoms with Crippen LogP contribution in [-0.4, -0.2) is 24.1 Å². The molecule has 0 aromatic heterocycles. The standard InChI is InChI=1S/C25H30N2O5/c1-16(2)32-22(29)25(5,27-23(30)31-15-17-9-7-6-8-10-17)18-11-12-20-19(13-18)24(3,4)14-21(28)26-20/h6-13,16H,14-15H2,1-5H3,(H,26,28)(H,27,30)/t25-/m1/s1. The summed E-state index contributed by atoms with van der Waals surface area (Å²) in [6, 6.07) is 14.6. The van der Waals surface area contributed by atoms with Crippen molar-refractivity contribution in [3.8, 4) is 0 Å². The van der Waals surface area contributed by atoms with Gasteiger partial charge in [-0.1, -0.05) is 56.3 Å². The molecule has 1 aliphatic heterocycles. The van der Waals surface area contributed by atoms with E-state index in [4.69, 9.17) is 9.47 Å². The first kappa shape index (κ1) is 23.3. The van der Waals surface area contributed by atoms with Crippen LogP contribution in [0.5, 0.6) is 0 Å². The summed E-state index contributed by atoms with van der Waals surface area (Å²) in [5.41, 5.74) is 1.05. The fourth-order valence-corrected chi connectivity index (χ4v) is 3.75. The van der Waals surface area contributed by atoms with Gasteiger partial charge in [0.15, 0.2) is 5.54 Å². The molecular formula is C25H30N2O5. The summed E-state index contributed by atoms with van der Waals surface area (Å²) in [6.07, 6.45) is -0.775. The Morgan fingerprint density at radius 2 is 1.84 bits per heavy atom. The number of nitrogens with one attached hydrogen (secondary N) is 2. The number of hydrogen-bond donors (Lipinski definition) is 2. The van der Waals surface area contributed by atoms with Gasteiger partial charge in [0.05, 0.1) is 6.10 Å². The molecule has 7 nitrogen and oxygen atoms in total. The van der Waals surface area contributed by atoms with Gasteiger partial charge in [-0.05, 0) is 43.5 Å². The minimum Gasteiger partial charge on any atom is -0.461 e. The maximum Gasteiger partial charge on any atom is 0.408 e. The van der Waals surface area contributed by atoms with Crippen LogP contribution in [0.3, 0.4) is 0 Å². The number of esters is 1. The van der Waals surface area contributed by atoms with Crippen LogP contribution in [-0.2, 0) is 36.6 Å². The third-order valence-electron chi connectivity index (χ3n) is 5.52.